The predicted molar refractivity (Wildman–Crippen MR) is 82.8 cm³/mol. The Morgan fingerprint density at radius 1 is 0.957 bits per heavy atom. The minimum absolute atomic E-state index is 0.0577. The van der Waals surface area contributed by atoms with Gasteiger partial charge in [0.2, 0.25) is 0 Å². The van der Waals surface area contributed by atoms with E-state index in [0.717, 1.165) is 23.8 Å². The fourth-order valence-corrected chi connectivity index (χ4v) is 1.78. The maximum atomic E-state index is 13.0. The van der Waals surface area contributed by atoms with E-state index in [1.54, 1.807) is 12.1 Å². The van der Waals surface area contributed by atoms with Gasteiger partial charge in [0.1, 0.15) is 5.82 Å². The minimum Gasteiger partial charge on any atom is -0.357 e. The monoisotopic (exact) mass is 339 g/mol. The van der Waals surface area contributed by atoms with E-state index in [1.165, 1.54) is 12.1 Å². The first-order chi connectivity index (χ1) is 11.0. The molecule has 0 aliphatic heterocycles. The van der Waals surface area contributed by atoms with E-state index in [2.05, 4.69) is 16.2 Å². The second kappa shape index (κ2) is 7.59. The average molecular weight is 339 g/mol. The Morgan fingerprint density at radius 3 is 2.30 bits per heavy atom. The van der Waals surface area contributed by atoms with Crippen molar-refractivity contribution in [2.24, 2.45) is 0 Å². The second-order valence-corrected chi connectivity index (χ2v) is 4.93. The molecular formula is C15H12F3N3OS. The van der Waals surface area contributed by atoms with Gasteiger partial charge in [-0.1, -0.05) is 12.1 Å². The van der Waals surface area contributed by atoms with Crippen LogP contribution in [0.5, 0.6) is 0 Å². The highest BCUT2D eigenvalue weighted by Gasteiger charge is 2.09. The predicted octanol–water partition coefficient (Wildman–Crippen LogP) is 2.41. The highest BCUT2D eigenvalue weighted by atomic mass is 32.1. The lowest BCUT2D eigenvalue weighted by Gasteiger charge is -2.11. The first kappa shape index (κ1) is 16.8. The Kier molecular flexibility index (Phi) is 5.53. The summed E-state index contributed by atoms with van der Waals surface area (Å²) in [5.74, 6) is -3.16. The number of thiocarbonyl (C=S) groups is 1. The van der Waals surface area contributed by atoms with E-state index in [1.807, 2.05) is 0 Å². The van der Waals surface area contributed by atoms with Gasteiger partial charge in [0.25, 0.3) is 5.91 Å². The third-order valence-electron chi connectivity index (χ3n) is 2.84. The molecule has 2 aromatic rings. The van der Waals surface area contributed by atoms with Crippen molar-refractivity contribution in [3.05, 3.63) is 71.0 Å². The summed E-state index contributed by atoms with van der Waals surface area (Å²) in [6.07, 6.45) is 0. The Morgan fingerprint density at radius 2 is 1.65 bits per heavy atom. The number of nitrogens with one attached hydrogen (secondary N) is 3. The maximum absolute atomic E-state index is 13.0. The molecule has 0 saturated carbocycles. The van der Waals surface area contributed by atoms with E-state index in [9.17, 15) is 18.0 Å². The first-order valence-corrected chi connectivity index (χ1v) is 6.90. The Balaban J connectivity index is 1.80. The van der Waals surface area contributed by atoms with Crippen molar-refractivity contribution < 1.29 is 18.0 Å². The van der Waals surface area contributed by atoms with Crippen LogP contribution < -0.4 is 16.2 Å². The summed E-state index contributed by atoms with van der Waals surface area (Å²) in [7, 11) is 0. The smallest absolute Gasteiger partial charge is 0.269 e. The van der Waals surface area contributed by atoms with Gasteiger partial charge >= 0.3 is 0 Å². The number of hydrogen-bond acceptors (Lipinski definition) is 2. The molecular weight excluding hydrogens is 327 g/mol. The largest absolute Gasteiger partial charge is 0.357 e. The second-order valence-electron chi connectivity index (χ2n) is 4.52. The number of carbonyl (C=O) groups is 1. The van der Waals surface area contributed by atoms with Gasteiger partial charge in [-0.2, -0.15) is 0 Å². The van der Waals surface area contributed by atoms with Crippen LogP contribution in [-0.2, 0) is 6.54 Å². The molecule has 0 unspecified atom stereocenters. The Bertz CT molecular complexity index is 722. The topological polar surface area (TPSA) is 53.2 Å². The fourth-order valence-electron chi connectivity index (χ4n) is 1.65. The molecule has 4 nitrogen and oxygen atoms in total. The van der Waals surface area contributed by atoms with E-state index in [4.69, 9.17) is 12.2 Å². The number of hydrogen-bond donors (Lipinski definition) is 3. The molecule has 120 valence electrons. The zero-order valence-corrected chi connectivity index (χ0v) is 12.5. The molecule has 0 saturated heterocycles. The van der Waals surface area contributed by atoms with Gasteiger partial charge in [-0.3, -0.25) is 15.6 Å². The molecule has 2 rings (SSSR count). The average Bonchev–Trinajstić information content (AvgIpc) is 2.54. The molecule has 8 heteroatoms. The summed E-state index contributed by atoms with van der Waals surface area (Å²) in [4.78, 5) is 11.7. The molecule has 0 fully saturated rings. The van der Waals surface area contributed by atoms with Crippen molar-refractivity contribution in [2.45, 2.75) is 6.54 Å². The number of benzene rings is 2. The molecule has 1 amide bonds. The van der Waals surface area contributed by atoms with Crippen LogP contribution in [-0.4, -0.2) is 11.0 Å². The van der Waals surface area contributed by atoms with Gasteiger partial charge in [0.05, 0.1) is 0 Å². The lowest BCUT2D eigenvalue weighted by molar-refractivity contribution is 0.0943. The molecule has 0 aromatic heterocycles. The summed E-state index contributed by atoms with van der Waals surface area (Å²) in [5, 5.41) is 2.91. The molecule has 2 aromatic carbocycles. The van der Waals surface area contributed by atoms with E-state index < -0.39 is 17.5 Å². The van der Waals surface area contributed by atoms with Crippen LogP contribution in [0.3, 0.4) is 0 Å². The lowest BCUT2D eigenvalue weighted by Crippen LogP contribution is -2.46. The van der Waals surface area contributed by atoms with Crippen LogP contribution in [0.4, 0.5) is 13.2 Å². The number of hydrazine groups is 1. The SMILES string of the molecule is O=C(NNC(=S)NCc1ccc(F)cc1)c1ccc(F)c(F)c1. The van der Waals surface area contributed by atoms with Gasteiger partial charge in [0, 0.05) is 12.1 Å². The van der Waals surface area contributed by atoms with Crippen LogP contribution in [0.25, 0.3) is 0 Å². The van der Waals surface area contributed by atoms with Crippen LogP contribution in [0.15, 0.2) is 42.5 Å². The summed E-state index contributed by atoms with van der Waals surface area (Å²) in [6.45, 7) is 0.327. The lowest BCUT2D eigenvalue weighted by atomic mass is 10.2. The van der Waals surface area contributed by atoms with Crippen molar-refractivity contribution in [2.75, 3.05) is 0 Å². The molecule has 0 radical (unpaired) electrons. The quantitative estimate of drug-likeness (QED) is 0.594. The van der Waals surface area contributed by atoms with E-state index >= 15 is 0 Å². The van der Waals surface area contributed by atoms with E-state index in [0.29, 0.717) is 6.54 Å². The van der Waals surface area contributed by atoms with Crippen LogP contribution in [0.1, 0.15) is 15.9 Å². The fraction of sp³-hybridized carbons (Fsp3) is 0.0667. The molecule has 0 heterocycles. The zero-order chi connectivity index (χ0) is 16.8. The molecule has 0 atom stereocenters. The Labute approximate surface area is 135 Å². The Hall–Kier alpha value is -2.61. The van der Waals surface area contributed by atoms with Crippen molar-refractivity contribution in [3.63, 3.8) is 0 Å². The molecule has 0 bridgehead atoms. The first-order valence-electron chi connectivity index (χ1n) is 6.49. The molecule has 23 heavy (non-hydrogen) atoms. The number of halogens is 3. The normalized spacial score (nSPS) is 10.0. The zero-order valence-electron chi connectivity index (χ0n) is 11.7. The van der Waals surface area contributed by atoms with Crippen LogP contribution in [0.2, 0.25) is 0 Å². The standard InChI is InChI=1S/C15H12F3N3OS/c16-11-4-1-9(2-5-11)8-19-15(23)21-20-14(22)10-3-6-12(17)13(18)7-10/h1-7H,8H2,(H,20,22)(H2,19,21,23). The van der Waals surface area contributed by atoms with Gasteiger partial charge in [-0.05, 0) is 48.1 Å². The number of rotatable bonds is 3. The third-order valence-corrected chi connectivity index (χ3v) is 3.08. The summed E-state index contributed by atoms with van der Waals surface area (Å²) in [5.41, 5.74) is 5.41. The molecule has 0 aliphatic rings. The van der Waals surface area contributed by atoms with Gasteiger partial charge in [-0.25, -0.2) is 13.2 Å². The third kappa shape index (κ3) is 4.96. The van der Waals surface area contributed by atoms with Crippen molar-refractivity contribution in [1.29, 1.82) is 0 Å². The summed E-state index contributed by atoms with van der Waals surface area (Å²) >= 11 is 4.95. The maximum Gasteiger partial charge on any atom is 0.269 e. The van der Waals surface area contributed by atoms with Crippen LogP contribution >= 0.6 is 12.2 Å². The van der Waals surface area contributed by atoms with Crippen molar-refractivity contribution in [1.82, 2.24) is 16.2 Å². The summed E-state index contributed by atoms with van der Waals surface area (Å²) < 4.78 is 38.6. The molecule has 3 N–H and O–H groups in total. The number of carbonyl (C=O) groups excluding carboxylic acids is 1. The number of amides is 1. The van der Waals surface area contributed by atoms with Gasteiger partial charge < -0.3 is 5.32 Å². The summed E-state index contributed by atoms with van der Waals surface area (Å²) in [6, 6.07) is 8.59. The van der Waals surface area contributed by atoms with Gasteiger partial charge in [-0.15, -0.1) is 0 Å². The molecule has 0 spiro atoms. The van der Waals surface area contributed by atoms with Crippen LogP contribution in [0, 0.1) is 17.5 Å². The van der Waals surface area contributed by atoms with Crippen molar-refractivity contribution >= 4 is 23.2 Å². The highest BCUT2D eigenvalue weighted by molar-refractivity contribution is 7.80. The van der Waals surface area contributed by atoms with E-state index in [-0.39, 0.29) is 16.5 Å². The minimum atomic E-state index is -1.12. The highest BCUT2D eigenvalue weighted by Crippen LogP contribution is 2.08. The van der Waals surface area contributed by atoms with Gasteiger partial charge in [0.15, 0.2) is 16.7 Å². The van der Waals surface area contributed by atoms with Crippen molar-refractivity contribution in [3.8, 4) is 0 Å². The molecule has 0 aliphatic carbocycles.